The van der Waals surface area contributed by atoms with E-state index in [4.69, 9.17) is 4.74 Å². The molecule has 2 aromatic rings. The average molecular weight is 363 g/mol. The van der Waals surface area contributed by atoms with Crippen LogP contribution in [0.15, 0.2) is 59.5 Å². The number of sulfonamides is 1. The summed E-state index contributed by atoms with van der Waals surface area (Å²) in [5.41, 5.74) is 1.11. The van der Waals surface area contributed by atoms with Gasteiger partial charge in [0.25, 0.3) is 0 Å². The molecule has 2 aromatic carbocycles. The largest absolute Gasteiger partial charge is 0.376 e. The summed E-state index contributed by atoms with van der Waals surface area (Å²) < 4.78 is 45.7. The second kappa shape index (κ2) is 8.08. The van der Waals surface area contributed by atoms with Crippen LogP contribution >= 0.6 is 0 Å². The van der Waals surface area contributed by atoms with Crippen molar-refractivity contribution in [1.82, 2.24) is 4.31 Å². The first-order chi connectivity index (χ1) is 12.1. The van der Waals surface area contributed by atoms with Crippen LogP contribution in [-0.2, 0) is 21.4 Å². The lowest BCUT2D eigenvalue weighted by molar-refractivity contribution is 0.0672. The maximum atomic E-state index is 13.0. The smallest absolute Gasteiger partial charge is 0.243 e. The number of piperidine rings is 1. The second-order valence-electron chi connectivity index (χ2n) is 6.33. The molecule has 25 heavy (non-hydrogen) atoms. The van der Waals surface area contributed by atoms with Gasteiger partial charge < -0.3 is 4.74 Å². The van der Waals surface area contributed by atoms with Crippen LogP contribution in [0, 0.1) is 11.7 Å². The number of benzene rings is 2. The van der Waals surface area contributed by atoms with Gasteiger partial charge in [-0.25, -0.2) is 12.8 Å². The first-order valence-corrected chi connectivity index (χ1v) is 9.87. The summed E-state index contributed by atoms with van der Waals surface area (Å²) in [6.07, 6.45) is 1.75. The van der Waals surface area contributed by atoms with E-state index in [9.17, 15) is 12.8 Å². The van der Waals surface area contributed by atoms with Crippen molar-refractivity contribution in [3.8, 4) is 0 Å². The number of rotatable bonds is 6. The van der Waals surface area contributed by atoms with Crippen LogP contribution in [0.1, 0.15) is 18.4 Å². The minimum Gasteiger partial charge on any atom is -0.376 e. The van der Waals surface area contributed by atoms with E-state index in [0.717, 1.165) is 18.4 Å². The third kappa shape index (κ3) is 4.66. The molecule has 1 fully saturated rings. The standard InChI is InChI=1S/C19H22FNO3S/c20-18-8-10-19(11-9-18)25(22,23)21-12-4-7-17(13-21)15-24-14-16-5-2-1-3-6-16/h1-3,5-6,8-11,17H,4,7,12-15H2. The van der Waals surface area contributed by atoms with Gasteiger partial charge in [0.15, 0.2) is 0 Å². The quantitative estimate of drug-likeness (QED) is 0.790. The van der Waals surface area contributed by atoms with Crippen molar-refractivity contribution in [2.24, 2.45) is 5.92 Å². The molecule has 1 unspecified atom stereocenters. The Morgan fingerprint density at radius 3 is 2.52 bits per heavy atom. The van der Waals surface area contributed by atoms with Gasteiger partial charge in [0, 0.05) is 13.1 Å². The molecule has 1 heterocycles. The molecule has 1 aliphatic rings. The van der Waals surface area contributed by atoms with Crippen molar-refractivity contribution < 1.29 is 17.5 Å². The van der Waals surface area contributed by atoms with Gasteiger partial charge in [0.1, 0.15) is 5.82 Å². The molecule has 0 aromatic heterocycles. The summed E-state index contributed by atoms with van der Waals surface area (Å²) >= 11 is 0. The Morgan fingerprint density at radius 1 is 1.08 bits per heavy atom. The van der Waals surface area contributed by atoms with Crippen molar-refractivity contribution in [3.05, 3.63) is 66.0 Å². The fourth-order valence-corrected chi connectivity index (χ4v) is 4.61. The third-order valence-corrected chi connectivity index (χ3v) is 6.28. The van der Waals surface area contributed by atoms with Crippen molar-refractivity contribution in [3.63, 3.8) is 0 Å². The normalized spacial score (nSPS) is 19.0. The highest BCUT2D eigenvalue weighted by Gasteiger charge is 2.30. The van der Waals surface area contributed by atoms with Crippen LogP contribution in [-0.4, -0.2) is 32.4 Å². The maximum absolute atomic E-state index is 13.0. The Balaban J connectivity index is 1.58. The average Bonchev–Trinajstić information content (AvgIpc) is 2.63. The van der Waals surface area contributed by atoms with Crippen molar-refractivity contribution in [2.75, 3.05) is 19.7 Å². The number of hydrogen-bond acceptors (Lipinski definition) is 3. The fourth-order valence-electron chi connectivity index (χ4n) is 3.05. The van der Waals surface area contributed by atoms with Crippen LogP contribution in [0.2, 0.25) is 0 Å². The van der Waals surface area contributed by atoms with E-state index < -0.39 is 15.8 Å². The molecule has 1 saturated heterocycles. The molecule has 0 radical (unpaired) electrons. The zero-order valence-electron chi connectivity index (χ0n) is 14.0. The maximum Gasteiger partial charge on any atom is 0.243 e. The molecule has 1 aliphatic heterocycles. The summed E-state index contributed by atoms with van der Waals surface area (Å²) in [5.74, 6) is -0.266. The molecule has 4 nitrogen and oxygen atoms in total. The number of ether oxygens (including phenoxy) is 1. The van der Waals surface area contributed by atoms with Gasteiger partial charge in [0.05, 0.1) is 18.1 Å². The van der Waals surface area contributed by atoms with E-state index in [0.29, 0.717) is 26.3 Å². The Labute approximate surface area is 148 Å². The van der Waals surface area contributed by atoms with Gasteiger partial charge in [-0.05, 0) is 48.6 Å². The summed E-state index contributed by atoms with van der Waals surface area (Å²) in [4.78, 5) is 0.139. The zero-order valence-corrected chi connectivity index (χ0v) is 14.8. The van der Waals surface area contributed by atoms with Crippen LogP contribution < -0.4 is 0 Å². The topological polar surface area (TPSA) is 46.6 Å². The van der Waals surface area contributed by atoms with Gasteiger partial charge >= 0.3 is 0 Å². The highest BCUT2D eigenvalue weighted by molar-refractivity contribution is 7.89. The molecular weight excluding hydrogens is 341 g/mol. The minimum absolute atomic E-state index is 0.139. The second-order valence-corrected chi connectivity index (χ2v) is 8.26. The van der Waals surface area contributed by atoms with Crippen LogP contribution in [0.25, 0.3) is 0 Å². The van der Waals surface area contributed by atoms with Gasteiger partial charge in [-0.3, -0.25) is 0 Å². The molecule has 0 saturated carbocycles. The van der Waals surface area contributed by atoms with Crippen molar-refractivity contribution in [2.45, 2.75) is 24.3 Å². The molecule has 0 bridgehead atoms. The lowest BCUT2D eigenvalue weighted by Crippen LogP contribution is -2.41. The summed E-state index contributed by atoms with van der Waals surface area (Å²) in [6.45, 7) is 2.00. The van der Waals surface area contributed by atoms with E-state index in [2.05, 4.69) is 0 Å². The Bertz CT molecular complexity index is 778. The van der Waals surface area contributed by atoms with Crippen molar-refractivity contribution >= 4 is 10.0 Å². The minimum atomic E-state index is -3.58. The molecule has 0 aliphatic carbocycles. The number of halogens is 1. The van der Waals surface area contributed by atoms with Gasteiger partial charge in [-0.15, -0.1) is 0 Å². The van der Waals surface area contributed by atoms with Crippen molar-refractivity contribution in [1.29, 1.82) is 0 Å². The van der Waals surface area contributed by atoms with Crippen LogP contribution in [0.5, 0.6) is 0 Å². The first-order valence-electron chi connectivity index (χ1n) is 8.43. The first kappa shape index (κ1) is 18.0. The predicted octanol–water partition coefficient (Wildman–Crippen LogP) is 3.44. The van der Waals surface area contributed by atoms with Crippen LogP contribution in [0.4, 0.5) is 4.39 Å². The van der Waals surface area contributed by atoms with Gasteiger partial charge in [0.2, 0.25) is 10.0 Å². The molecule has 0 amide bonds. The fraction of sp³-hybridized carbons (Fsp3) is 0.368. The Morgan fingerprint density at radius 2 is 1.80 bits per heavy atom. The van der Waals surface area contributed by atoms with Gasteiger partial charge in [-0.2, -0.15) is 4.31 Å². The monoisotopic (exact) mass is 363 g/mol. The molecular formula is C19H22FNO3S. The highest BCUT2D eigenvalue weighted by Crippen LogP contribution is 2.24. The SMILES string of the molecule is O=S(=O)(c1ccc(F)cc1)N1CCCC(COCc2ccccc2)C1. The number of nitrogens with zero attached hydrogens (tertiary/aromatic N) is 1. The van der Waals surface area contributed by atoms with E-state index >= 15 is 0 Å². The summed E-state index contributed by atoms with van der Waals surface area (Å²) in [6, 6.07) is 14.9. The molecule has 1 atom stereocenters. The lowest BCUT2D eigenvalue weighted by Gasteiger charge is -2.31. The van der Waals surface area contributed by atoms with E-state index in [1.54, 1.807) is 0 Å². The molecule has 0 N–H and O–H groups in total. The van der Waals surface area contributed by atoms with Gasteiger partial charge in [-0.1, -0.05) is 30.3 Å². The van der Waals surface area contributed by atoms with Crippen LogP contribution in [0.3, 0.4) is 0 Å². The molecule has 134 valence electrons. The van der Waals surface area contributed by atoms with E-state index in [1.807, 2.05) is 30.3 Å². The zero-order chi connectivity index (χ0) is 17.7. The molecule has 3 rings (SSSR count). The van der Waals surface area contributed by atoms with E-state index in [1.165, 1.54) is 28.6 Å². The predicted molar refractivity (Wildman–Crippen MR) is 94.0 cm³/mol. The summed E-state index contributed by atoms with van der Waals surface area (Å²) in [7, 11) is -3.58. The lowest BCUT2D eigenvalue weighted by atomic mass is 10.0. The molecule has 6 heteroatoms. The Hall–Kier alpha value is -1.76. The van der Waals surface area contributed by atoms with E-state index in [-0.39, 0.29) is 10.8 Å². The number of hydrogen-bond donors (Lipinski definition) is 0. The highest BCUT2D eigenvalue weighted by atomic mass is 32.2. The Kier molecular flexibility index (Phi) is 5.83. The third-order valence-electron chi connectivity index (χ3n) is 4.40. The molecule has 0 spiro atoms. The summed E-state index contributed by atoms with van der Waals surface area (Å²) in [5, 5.41) is 0.